The smallest absolute Gasteiger partial charge is 0.379 e. The van der Waals surface area contributed by atoms with Gasteiger partial charge in [0, 0.05) is 25.6 Å². The summed E-state index contributed by atoms with van der Waals surface area (Å²) in [5, 5.41) is 3.58. The molecule has 186 valence electrons. The van der Waals surface area contributed by atoms with E-state index in [1.54, 1.807) is 43.3 Å². The molecule has 2 unspecified atom stereocenters. The van der Waals surface area contributed by atoms with Crippen molar-refractivity contribution < 1.29 is 28.5 Å². The Bertz CT molecular complexity index is 903. The van der Waals surface area contributed by atoms with E-state index in [0.29, 0.717) is 35.9 Å². The molecule has 0 radical (unpaired) electrons. The van der Waals surface area contributed by atoms with E-state index in [9.17, 15) is 9.59 Å². The van der Waals surface area contributed by atoms with Crippen molar-refractivity contribution in [1.29, 1.82) is 0 Å². The van der Waals surface area contributed by atoms with Crippen molar-refractivity contribution in [3.05, 3.63) is 59.1 Å². The molecule has 0 aliphatic rings. The maximum Gasteiger partial charge on any atom is 0.379 e. The molecule has 0 saturated carbocycles. The quantitative estimate of drug-likeness (QED) is 0.297. The second-order valence-corrected chi connectivity index (χ2v) is 8.30. The van der Waals surface area contributed by atoms with Crippen LogP contribution in [0.1, 0.15) is 45.6 Å². The van der Waals surface area contributed by atoms with Gasteiger partial charge in [-0.3, -0.25) is 4.79 Å². The molecule has 2 rings (SSSR count). The highest BCUT2D eigenvalue weighted by atomic mass is 35.5. The van der Waals surface area contributed by atoms with Gasteiger partial charge in [-0.1, -0.05) is 37.1 Å². The van der Waals surface area contributed by atoms with Crippen LogP contribution in [0.3, 0.4) is 0 Å². The molecule has 0 fully saturated rings. The lowest BCUT2D eigenvalue weighted by molar-refractivity contribution is -0.202. The third-order valence-corrected chi connectivity index (χ3v) is 5.44. The van der Waals surface area contributed by atoms with E-state index in [2.05, 4.69) is 12.2 Å². The fourth-order valence-electron chi connectivity index (χ4n) is 3.13. The number of esters is 1. The van der Waals surface area contributed by atoms with Crippen LogP contribution in [0.25, 0.3) is 0 Å². The van der Waals surface area contributed by atoms with Gasteiger partial charge in [0.1, 0.15) is 11.5 Å². The van der Waals surface area contributed by atoms with Gasteiger partial charge in [-0.05, 0) is 68.1 Å². The minimum absolute atomic E-state index is 0.145. The number of nitrogens with one attached hydrogen (secondary N) is 1. The number of methoxy groups -OCH3 is 1. The van der Waals surface area contributed by atoms with Crippen molar-refractivity contribution in [2.45, 2.75) is 58.3 Å². The molecule has 0 aliphatic heterocycles. The summed E-state index contributed by atoms with van der Waals surface area (Å²) in [6.45, 7) is 6.00. The van der Waals surface area contributed by atoms with E-state index >= 15 is 0 Å². The van der Waals surface area contributed by atoms with Gasteiger partial charge >= 0.3 is 11.8 Å². The molecule has 0 heterocycles. The molecule has 0 spiro atoms. The Morgan fingerprint density at radius 3 is 2.26 bits per heavy atom. The average Bonchev–Trinajstić information content (AvgIpc) is 2.84. The molecule has 8 heteroatoms. The van der Waals surface area contributed by atoms with Crippen molar-refractivity contribution in [2.24, 2.45) is 0 Å². The number of hydrogen-bond acceptors (Lipinski definition) is 6. The molecule has 0 bridgehead atoms. The number of hydrogen-bond donors (Lipinski definition) is 1. The maximum atomic E-state index is 12.7. The minimum atomic E-state index is -1.52. The SMILES string of the molecule is CCCCC(Oc1ccc(Cl)cc1)C(=O)NCCc1ccc(OC(C)(OC)C(=O)OCC)cc1. The van der Waals surface area contributed by atoms with Crippen LogP contribution in [-0.4, -0.2) is 44.0 Å². The van der Waals surface area contributed by atoms with Crippen LogP contribution in [0, 0.1) is 0 Å². The molecule has 1 N–H and O–H groups in total. The van der Waals surface area contributed by atoms with Crippen LogP contribution >= 0.6 is 11.6 Å². The Morgan fingerprint density at radius 1 is 1.03 bits per heavy atom. The van der Waals surface area contributed by atoms with Crippen molar-refractivity contribution >= 4 is 23.5 Å². The number of unbranched alkanes of at least 4 members (excludes halogenated alkanes) is 1. The zero-order valence-corrected chi connectivity index (χ0v) is 21.0. The summed E-state index contributed by atoms with van der Waals surface area (Å²) in [7, 11) is 1.39. The zero-order valence-electron chi connectivity index (χ0n) is 20.3. The van der Waals surface area contributed by atoms with E-state index in [0.717, 1.165) is 18.4 Å². The highest BCUT2D eigenvalue weighted by molar-refractivity contribution is 6.30. The second-order valence-electron chi connectivity index (χ2n) is 7.86. The Hall–Kier alpha value is -2.77. The van der Waals surface area contributed by atoms with Gasteiger partial charge in [0.25, 0.3) is 5.91 Å². The molecule has 34 heavy (non-hydrogen) atoms. The summed E-state index contributed by atoms with van der Waals surface area (Å²) < 4.78 is 21.8. The minimum Gasteiger partial charge on any atom is -0.481 e. The Labute approximate surface area is 206 Å². The van der Waals surface area contributed by atoms with E-state index in [-0.39, 0.29) is 12.5 Å². The predicted molar refractivity (Wildman–Crippen MR) is 131 cm³/mol. The summed E-state index contributed by atoms with van der Waals surface area (Å²) in [6.07, 6.45) is 2.56. The van der Waals surface area contributed by atoms with Crippen molar-refractivity contribution in [2.75, 3.05) is 20.3 Å². The summed E-state index contributed by atoms with van der Waals surface area (Å²) in [5.74, 6) is -1.18. The predicted octanol–water partition coefficient (Wildman–Crippen LogP) is 4.94. The largest absolute Gasteiger partial charge is 0.481 e. The van der Waals surface area contributed by atoms with Gasteiger partial charge in [0.2, 0.25) is 0 Å². The van der Waals surface area contributed by atoms with Crippen molar-refractivity contribution in [3.63, 3.8) is 0 Å². The van der Waals surface area contributed by atoms with Gasteiger partial charge in [-0.15, -0.1) is 0 Å². The number of halogens is 1. The Balaban J connectivity index is 1.89. The molecule has 2 aromatic carbocycles. The summed E-state index contributed by atoms with van der Waals surface area (Å²) in [6, 6.07) is 14.2. The summed E-state index contributed by atoms with van der Waals surface area (Å²) in [4.78, 5) is 24.8. The van der Waals surface area contributed by atoms with Crippen LogP contribution in [0.2, 0.25) is 5.02 Å². The number of carbonyl (C=O) groups excluding carboxylic acids is 2. The monoisotopic (exact) mass is 491 g/mol. The molecule has 1 amide bonds. The van der Waals surface area contributed by atoms with Crippen LogP contribution in [0.4, 0.5) is 0 Å². The standard InChI is InChI=1S/C26H34ClNO6/c1-5-7-8-23(33-21-15-11-20(27)12-16-21)24(29)28-18-17-19-9-13-22(14-10-19)34-26(3,31-4)25(30)32-6-2/h9-16,23H,5-8,17-18H2,1-4H3,(H,28,29). The number of rotatable bonds is 14. The first kappa shape index (κ1) is 27.5. The first-order chi connectivity index (χ1) is 16.3. The highest BCUT2D eigenvalue weighted by Gasteiger charge is 2.37. The van der Waals surface area contributed by atoms with Gasteiger partial charge in [-0.2, -0.15) is 0 Å². The van der Waals surface area contributed by atoms with E-state index in [1.165, 1.54) is 14.0 Å². The third kappa shape index (κ3) is 8.54. The number of carbonyl (C=O) groups is 2. The summed E-state index contributed by atoms with van der Waals surface area (Å²) in [5.41, 5.74) is 1.01. The Morgan fingerprint density at radius 2 is 1.68 bits per heavy atom. The molecule has 2 aromatic rings. The van der Waals surface area contributed by atoms with Crippen molar-refractivity contribution in [3.8, 4) is 11.5 Å². The first-order valence-corrected chi connectivity index (χ1v) is 11.9. The Kier molecular flexibility index (Phi) is 11.2. The molecule has 2 atom stereocenters. The number of ether oxygens (including phenoxy) is 4. The topological polar surface area (TPSA) is 83.1 Å². The molecular weight excluding hydrogens is 458 g/mol. The maximum absolute atomic E-state index is 12.7. The zero-order chi connectivity index (χ0) is 25.0. The second kappa shape index (κ2) is 13.8. The van der Waals surface area contributed by atoms with Gasteiger partial charge in [0.15, 0.2) is 6.10 Å². The number of benzene rings is 2. The molecule has 0 saturated heterocycles. The van der Waals surface area contributed by atoms with Crippen LogP contribution < -0.4 is 14.8 Å². The van der Waals surface area contributed by atoms with E-state index < -0.39 is 17.9 Å². The van der Waals surface area contributed by atoms with Gasteiger partial charge in [-0.25, -0.2) is 4.79 Å². The normalized spacial score (nSPS) is 13.4. The van der Waals surface area contributed by atoms with Crippen molar-refractivity contribution in [1.82, 2.24) is 5.32 Å². The van der Waals surface area contributed by atoms with Gasteiger partial charge < -0.3 is 24.3 Å². The highest BCUT2D eigenvalue weighted by Crippen LogP contribution is 2.22. The van der Waals surface area contributed by atoms with Crippen LogP contribution in [0.15, 0.2) is 48.5 Å². The number of amides is 1. The molecule has 0 aromatic heterocycles. The average molecular weight is 492 g/mol. The summed E-state index contributed by atoms with van der Waals surface area (Å²) >= 11 is 5.93. The lowest BCUT2D eigenvalue weighted by Crippen LogP contribution is -2.44. The molecule has 0 aliphatic carbocycles. The molecular formula is C26H34ClNO6. The fourth-order valence-corrected chi connectivity index (χ4v) is 3.26. The molecule has 7 nitrogen and oxygen atoms in total. The van der Waals surface area contributed by atoms with Crippen LogP contribution in [0.5, 0.6) is 11.5 Å². The lowest BCUT2D eigenvalue weighted by Gasteiger charge is -2.26. The lowest BCUT2D eigenvalue weighted by atomic mass is 10.1. The van der Waals surface area contributed by atoms with E-state index in [4.69, 9.17) is 30.5 Å². The van der Waals surface area contributed by atoms with Gasteiger partial charge in [0.05, 0.1) is 6.61 Å². The third-order valence-electron chi connectivity index (χ3n) is 5.19. The van der Waals surface area contributed by atoms with E-state index in [1.807, 2.05) is 12.1 Å². The fraction of sp³-hybridized carbons (Fsp3) is 0.462. The first-order valence-electron chi connectivity index (χ1n) is 11.5. The van der Waals surface area contributed by atoms with Crippen LogP contribution in [-0.2, 0) is 25.5 Å².